The summed E-state index contributed by atoms with van der Waals surface area (Å²) in [6.45, 7) is 8.11. The summed E-state index contributed by atoms with van der Waals surface area (Å²) in [5.74, 6) is 0.770. The van der Waals surface area contributed by atoms with Crippen LogP contribution in [0.2, 0.25) is 0 Å². The van der Waals surface area contributed by atoms with Crippen LogP contribution in [0.4, 0.5) is 0 Å². The molecule has 0 bridgehead atoms. The molecular formula is C17H22BrNO3. The molecule has 2 atom stereocenters. The van der Waals surface area contributed by atoms with Gasteiger partial charge in [0, 0.05) is 17.6 Å². The van der Waals surface area contributed by atoms with Gasteiger partial charge in [0.25, 0.3) is 5.91 Å². The zero-order valence-corrected chi connectivity index (χ0v) is 14.9. The fourth-order valence-corrected chi connectivity index (χ4v) is 3.68. The number of rotatable bonds is 2. The molecule has 22 heavy (non-hydrogen) atoms. The SMILES string of the molecule is Cc1c(Br)cc2c(c1C)O[C@H](C)CN(CC1CCCO1)C2=O. The molecule has 3 rings (SSSR count). The van der Waals surface area contributed by atoms with E-state index in [1.54, 1.807) is 0 Å². The number of hydrogen-bond donors (Lipinski definition) is 0. The molecular weight excluding hydrogens is 346 g/mol. The number of benzene rings is 1. The van der Waals surface area contributed by atoms with Crippen molar-refractivity contribution >= 4 is 21.8 Å². The lowest BCUT2D eigenvalue weighted by atomic mass is 10.0. The second-order valence-electron chi connectivity index (χ2n) is 6.26. The van der Waals surface area contributed by atoms with Gasteiger partial charge in [-0.25, -0.2) is 0 Å². The van der Waals surface area contributed by atoms with Crippen LogP contribution in [0.5, 0.6) is 5.75 Å². The van der Waals surface area contributed by atoms with Crippen LogP contribution in [-0.2, 0) is 4.74 Å². The number of fused-ring (bicyclic) bond motifs is 1. The van der Waals surface area contributed by atoms with Gasteiger partial charge in [-0.15, -0.1) is 0 Å². The Hall–Kier alpha value is -1.07. The lowest BCUT2D eigenvalue weighted by Crippen LogP contribution is -2.40. The predicted molar refractivity (Wildman–Crippen MR) is 88.6 cm³/mol. The molecule has 120 valence electrons. The van der Waals surface area contributed by atoms with E-state index in [2.05, 4.69) is 15.9 Å². The molecule has 1 aromatic rings. The van der Waals surface area contributed by atoms with Crippen LogP contribution < -0.4 is 4.74 Å². The Labute approximate surface area is 139 Å². The monoisotopic (exact) mass is 367 g/mol. The normalized spacial score (nSPS) is 24.9. The van der Waals surface area contributed by atoms with Crippen LogP contribution in [-0.4, -0.2) is 42.7 Å². The summed E-state index contributed by atoms with van der Waals surface area (Å²) in [7, 11) is 0. The molecule has 2 aliphatic heterocycles. The number of amides is 1. The van der Waals surface area contributed by atoms with Crippen molar-refractivity contribution in [2.45, 2.75) is 45.8 Å². The van der Waals surface area contributed by atoms with Crippen molar-refractivity contribution in [2.75, 3.05) is 19.7 Å². The van der Waals surface area contributed by atoms with Gasteiger partial charge < -0.3 is 14.4 Å². The maximum Gasteiger partial charge on any atom is 0.257 e. The summed E-state index contributed by atoms with van der Waals surface area (Å²) < 4.78 is 12.7. The quantitative estimate of drug-likeness (QED) is 0.803. The fourth-order valence-electron chi connectivity index (χ4n) is 3.16. The summed E-state index contributed by atoms with van der Waals surface area (Å²) in [6.07, 6.45) is 2.25. The van der Waals surface area contributed by atoms with Crippen molar-refractivity contribution in [3.8, 4) is 5.75 Å². The van der Waals surface area contributed by atoms with Gasteiger partial charge in [-0.3, -0.25) is 4.79 Å². The summed E-state index contributed by atoms with van der Waals surface area (Å²) >= 11 is 3.55. The standard InChI is InChI=1S/C17H22BrNO3/c1-10-8-19(9-13-5-4-6-21-13)17(20)14-7-15(18)11(2)12(3)16(14)22-10/h7,10,13H,4-6,8-9H2,1-3H3/t10-,13?/m1/s1. The van der Waals surface area contributed by atoms with E-state index in [0.717, 1.165) is 40.8 Å². The van der Waals surface area contributed by atoms with E-state index in [4.69, 9.17) is 9.47 Å². The number of hydrogen-bond acceptors (Lipinski definition) is 3. The van der Waals surface area contributed by atoms with Gasteiger partial charge in [0.1, 0.15) is 11.9 Å². The molecule has 2 heterocycles. The molecule has 1 unspecified atom stereocenters. The van der Waals surface area contributed by atoms with E-state index in [9.17, 15) is 4.79 Å². The highest BCUT2D eigenvalue weighted by Gasteiger charge is 2.31. The first-order valence-corrected chi connectivity index (χ1v) is 8.64. The first-order chi connectivity index (χ1) is 10.5. The van der Waals surface area contributed by atoms with Crippen LogP contribution in [0, 0.1) is 13.8 Å². The Balaban J connectivity index is 1.95. The lowest BCUT2D eigenvalue weighted by Gasteiger charge is -2.25. The summed E-state index contributed by atoms with van der Waals surface area (Å²) in [6, 6.07) is 1.89. The van der Waals surface area contributed by atoms with E-state index in [1.807, 2.05) is 31.7 Å². The highest BCUT2D eigenvalue weighted by atomic mass is 79.9. The fraction of sp³-hybridized carbons (Fsp3) is 0.588. The first kappa shape index (κ1) is 15.8. The minimum absolute atomic E-state index is 0.0223. The van der Waals surface area contributed by atoms with Gasteiger partial charge in [-0.1, -0.05) is 15.9 Å². The molecule has 0 saturated carbocycles. The zero-order valence-electron chi connectivity index (χ0n) is 13.3. The molecule has 1 amide bonds. The summed E-state index contributed by atoms with van der Waals surface area (Å²) in [5.41, 5.74) is 2.80. The van der Waals surface area contributed by atoms with Gasteiger partial charge in [-0.05, 0) is 50.8 Å². The minimum atomic E-state index is -0.0223. The zero-order chi connectivity index (χ0) is 15.9. The van der Waals surface area contributed by atoms with E-state index in [-0.39, 0.29) is 18.1 Å². The molecule has 4 nitrogen and oxygen atoms in total. The van der Waals surface area contributed by atoms with Gasteiger partial charge in [0.15, 0.2) is 0 Å². The Morgan fingerprint density at radius 2 is 2.14 bits per heavy atom. The Bertz CT molecular complexity index is 596. The number of ether oxygens (including phenoxy) is 2. The molecule has 0 aromatic heterocycles. The largest absolute Gasteiger partial charge is 0.488 e. The summed E-state index contributed by atoms with van der Waals surface area (Å²) in [5, 5.41) is 0. The first-order valence-electron chi connectivity index (χ1n) is 7.84. The van der Waals surface area contributed by atoms with Crippen LogP contribution in [0.25, 0.3) is 0 Å². The average Bonchev–Trinajstić information content (AvgIpc) is 2.95. The third-order valence-corrected chi connectivity index (χ3v) is 5.36. The number of carbonyl (C=O) groups excluding carboxylic acids is 1. The maximum atomic E-state index is 13.0. The lowest BCUT2D eigenvalue weighted by molar-refractivity contribution is 0.0471. The van der Waals surface area contributed by atoms with E-state index in [1.165, 1.54) is 0 Å². The van der Waals surface area contributed by atoms with Crippen LogP contribution in [0.15, 0.2) is 10.5 Å². The molecule has 2 aliphatic rings. The van der Waals surface area contributed by atoms with Crippen molar-refractivity contribution in [1.29, 1.82) is 0 Å². The number of halogens is 1. The van der Waals surface area contributed by atoms with Crippen LogP contribution in [0.3, 0.4) is 0 Å². The van der Waals surface area contributed by atoms with Gasteiger partial charge in [0.2, 0.25) is 0 Å². The third-order valence-electron chi connectivity index (χ3n) is 4.54. The summed E-state index contributed by atoms with van der Waals surface area (Å²) in [4.78, 5) is 14.8. The third kappa shape index (κ3) is 2.88. The van der Waals surface area contributed by atoms with Crippen molar-refractivity contribution in [3.63, 3.8) is 0 Å². The molecule has 0 spiro atoms. The molecule has 1 saturated heterocycles. The smallest absolute Gasteiger partial charge is 0.257 e. The van der Waals surface area contributed by atoms with Crippen molar-refractivity contribution in [3.05, 3.63) is 27.2 Å². The molecule has 5 heteroatoms. The maximum absolute atomic E-state index is 13.0. The average molecular weight is 368 g/mol. The van der Waals surface area contributed by atoms with E-state index >= 15 is 0 Å². The molecule has 0 aliphatic carbocycles. The molecule has 1 aromatic carbocycles. The number of carbonyl (C=O) groups is 1. The van der Waals surface area contributed by atoms with Gasteiger partial charge >= 0.3 is 0 Å². The van der Waals surface area contributed by atoms with Crippen molar-refractivity contribution in [2.24, 2.45) is 0 Å². The van der Waals surface area contributed by atoms with Crippen molar-refractivity contribution < 1.29 is 14.3 Å². The Kier molecular flexibility index (Phi) is 4.46. The van der Waals surface area contributed by atoms with Crippen LogP contribution in [0.1, 0.15) is 41.3 Å². The van der Waals surface area contributed by atoms with E-state index in [0.29, 0.717) is 18.7 Å². The molecule has 0 N–H and O–H groups in total. The van der Waals surface area contributed by atoms with Crippen LogP contribution >= 0.6 is 15.9 Å². The molecule has 1 fully saturated rings. The van der Waals surface area contributed by atoms with Gasteiger partial charge in [-0.2, -0.15) is 0 Å². The topological polar surface area (TPSA) is 38.8 Å². The Morgan fingerprint density at radius 3 is 2.82 bits per heavy atom. The molecule has 0 radical (unpaired) electrons. The Morgan fingerprint density at radius 1 is 1.36 bits per heavy atom. The second-order valence-corrected chi connectivity index (χ2v) is 7.11. The minimum Gasteiger partial charge on any atom is -0.488 e. The van der Waals surface area contributed by atoms with Crippen molar-refractivity contribution in [1.82, 2.24) is 4.90 Å². The highest BCUT2D eigenvalue weighted by Crippen LogP contribution is 2.35. The van der Waals surface area contributed by atoms with Gasteiger partial charge in [0.05, 0.1) is 18.2 Å². The van der Waals surface area contributed by atoms with E-state index < -0.39 is 0 Å². The predicted octanol–water partition coefficient (Wildman–Crippen LogP) is 3.47. The highest BCUT2D eigenvalue weighted by molar-refractivity contribution is 9.10. The number of nitrogens with zero attached hydrogens (tertiary/aromatic N) is 1. The second kappa shape index (κ2) is 6.20.